The summed E-state index contributed by atoms with van der Waals surface area (Å²) in [6.07, 6.45) is 3.79. The molecule has 0 aromatic heterocycles. The van der Waals surface area contributed by atoms with E-state index in [0.717, 1.165) is 32.3 Å². The Hall–Kier alpha value is -1.33. The number of hydrogen-bond donors (Lipinski definition) is 1. The van der Waals surface area contributed by atoms with Gasteiger partial charge >= 0.3 is 0 Å². The van der Waals surface area contributed by atoms with E-state index in [9.17, 15) is 9.50 Å². The highest BCUT2D eigenvalue weighted by molar-refractivity contribution is 5.44. The molecule has 4 nitrogen and oxygen atoms in total. The molecule has 118 valence electrons. The van der Waals surface area contributed by atoms with Crippen molar-refractivity contribution >= 4 is 0 Å². The van der Waals surface area contributed by atoms with Crippen LogP contribution in [0.3, 0.4) is 0 Å². The highest BCUT2D eigenvalue weighted by atomic mass is 19.1. The summed E-state index contributed by atoms with van der Waals surface area (Å²) in [5.74, 6) is 0.258. The van der Waals surface area contributed by atoms with Crippen LogP contribution < -0.4 is 9.47 Å². The highest BCUT2D eigenvalue weighted by Gasteiger charge is 2.20. The molecule has 21 heavy (non-hydrogen) atoms. The smallest absolute Gasteiger partial charge is 0.163 e. The van der Waals surface area contributed by atoms with E-state index in [0.29, 0.717) is 17.9 Å². The Kier molecular flexibility index (Phi) is 5.82. The lowest BCUT2D eigenvalue weighted by Crippen LogP contribution is -2.19. The summed E-state index contributed by atoms with van der Waals surface area (Å²) in [4.78, 5) is 0. The van der Waals surface area contributed by atoms with Gasteiger partial charge in [0.25, 0.3) is 0 Å². The maximum Gasteiger partial charge on any atom is 0.163 e. The minimum atomic E-state index is -0.865. The Bertz CT molecular complexity index is 458. The molecular formula is C16H23FO4. The van der Waals surface area contributed by atoms with Crippen molar-refractivity contribution in [1.82, 2.24) is 0 Å². The second-order valence-corrected chi connectivity index (χ2v) is 5.31. The summed E-state index contributed by atoms with van der Waals surface area (Å²) in [7, 11) is 2.94. The third-order valence-corrected chi connectivity index (χ3v) is 3.90. The number of halogens is 1. The van der Waals surface area contributed by atoms with E-state index < -0.39 is 11.9 Å². The van der Waals surface area contributed by atoms with Crippen molar-refractivity contribution in [2.45, 2.75) is 44.3 Å². The average molecular weight is 298 g/mol. The summed E-state index contributed by atoms with van der Waals surface area (Å²) in [5, 5.41) is 10.2. The number of hydrogen-bond acceptors (Lipinski definition) is 4. The SMILES string of the molecule is COc1cc(F)c(C(O)CCC2CCCCO2)cc1OC. The van der Waals surface area contributed by atoms with Gasteiger partial charge in [-0.2, -0.15) is 0 Å². The molecule has 0 saturated carbocycles. The van der Waals surface area contributed by atoms with Gasteiger partial charge < -0.3 is 19.3 Å². The Labute approximate surface area is 124 Å². The van der Waals surface area contributed by atoms with Gasteiger partial charge in [-0.15, -0.1) is 0 Å². The number of methoxy groups -OCH3 is 2. The molecule has 0 radical (unpaired) electrons. The maximum absolute atomic E-state index is 14.0. The molecule has 5 heteroatoms. The predicted molar refractivity (Wildman–Crippen MR) is 77.3 cm³/mol. The van der Waals surface area contributed by atoms with Crippen LogP contribution in [-0.4, -0.2) is 32.0 Å². The number of benzene rings is 1. The second-order valence-electron chi connectivity index (χ2n) is 5.31. The Morgan fingerprint density at radius 3 is 2.62 bits per heavy atom. The van der Waals surface area contributed by atoms with Crippen molar-refractivity contribution in [1.29, 1.82) is 0 Å². The van der Waals surface area contributed by atoms with E-state index >= 15 is 0 Å². The van der Waals surface area contributed by atoms with Crippen molar-refractivity contribution in [3.8, 4) is 11.5 Å². The van der Waals surface area contributed by atoms with E-state index in [2.05, 4.69) is 0 Å². The van der Waals surface area contributed by atoms with E-state index in [1.54, 1.807) is 0 Å². The largest absolute Gasteiger partial charge is 0.493 e. The molecule has 2 unspecified atom stereocenters. The van der Waals surface area contributed by atoms with Crippen molar-refractivity contribution in [2.24, 2.45) is 0 Å². The zero-order valence-corrected chi connectivity index (χ0v) is 12.6. The lowest BCUT2D eigenvalue weighted by atomic mass is 9.98. The Morgan fingerprint density at radius 1 is 1.29 bits per heavy atom. The molecule has 1 aliphatic rings. The number of aliphatic hydroxyl groups excluding tert-OH is 1. The minimum absolute atomic E-state index is 0.177. The molecule has 0 bridgehead atoms. The zero-order chi connectivity index (χ0) is 15.2. The Morgan fingerprint density at radius 2 is 2.00 bits per heavy atom. The molecule has 1 aromatic carbocycles. The number of rotatable bonds is 6. The monoisotopic (exact) mass is 298 g/mol. The topological polar surface area (TPSA) is 47.9 Å². The molecule has 0 spiro atoms. The summed E-state index contributed by atoms with van der Waals surface area (Å²) < 4.78 is 29.9. The molecule has 1 aliphatic heterocycles. The first-order valence-electron chi connectivity index (χ1n) is 7.36. The predicted octanol–water partition coefficient (Wildman–Crippen LogP) is 3.23. The molecule has 1 aromatic rings. The van der Waals surface area contributed by atoms with E-state index in [4.69, 9.17) is 14.2 Å². The third kappa shape index (κ3) is 4.08. The van der Waals surface area contributed by atoms with Crippen LogP contribution in [0.4, 0.5) is 4.39 Å². The van der Waals surface area contributed by atoms with Gasteiger partial charge in [-0.3, -0.25) is 0 Å². The van der Waals surface area contributed by atoms with E-state index in [1.807, 2.05) is 0 Å². The first-order chi connectivity index (χ1) is 10.2. The van der Waals surface area contributed by atoms with Crippen LogP contribution in [0.15, 0.2) is 12.1 Å². The molecule has 2 atom stereocenters. The van der Waals surface area contributed by atoms with Gasteiger partial charge in [-0.1, -0.05) is 0 Å². The van der Waals surface area contributed by atoms with Crippen molar-refractivity contribution in [3.05, 3.63) is 23.5 Å². The molecule has 1 N–H and O–H groups in total. The molecule has 0 amide bonds. The second kappa shape index (κ2) is 7.61. The fourth-order valence-electron chi connectivity index (χ4n) is 2.66. The van der Waals surface area contributed by atoms with Crippen LogP contribution >= 0.6 is 0 Å². The molecule has 0 aliphatic carbocycles. The van der Waals surface area contributed by atoms with Crippen LogP contribution in [0, 0.1) is 5.82 Å². The van der Waals surface area contributed by atoms with Crippen LogP contribution in [0.1, 0.15) is 43.8 Å². The highest BCUT2D eigenvalue weighted by Crippen LogP contribution is 2.34. The summed E-state index contributed by atoms with van der Waals surface area (Å²) >= 11 is 0. The first-order valence-corrected chi connectivity index (χ1v) is 7.36. The van der Waals surface area contributed by atoms with Gasteiger partial charge in [-0.05, 0) is 38.2 Å². The zero-order valence-electron chi connectivity index (χ0n) is 12.6. The summed E-state index contributed by atoms with van der Waals surface area (Å²) in [6, 6.07) is 2.75. The van der Waals surface area contributed by atoms with Gasteiger partial charge in [-0.25, -0.2) is 4.39 Å². The van der Waals surface area contributed by atoms with Gasteiger partial charge in [0.15, 0.2) is 11.5 Å². The molecule has 1 heterocycles. The third-order valence-electron chi connectivity index (χ3n) is 3.90. The lowest BCUT2D eigenvalue weighted by molar-refractivity contribution is 0.00188. The van der Waals surface area contributed by atoms with E-state index in [-0.39, 0.29) is 11.7 Å². The van der Waals surface area contributed by atoms with Crippen molar-refractivity contribution in [3.63, 3.8) is 0 Å². The van der Waals surface area contributed by atoms with Crippen LogP contribution in [0.25, 0.3) is 0 Å². The van der Waals surface area contributed by atoms with E-state index in [1.165, 1.54) is 26.4 Å². The van der Waals surface area contributed by atoms with Gasteiger partial charge in [0, 0.05) is 18.2 Å². The van der Waals surface area contributed by atoms with Crippen molar-refractivity contribution in [2.75, 3.05) is 20.8 Å². The van der Waals surface area contributed by atoms with Gasteiger partial charge in [0.05, 0.1) is 26.4 Å². The normalized spacial score (nSPS) is 20.1. The number of aliphatic hydroxyl groups is 1. The summed E-state index contributed by atoms with van der Waals surface area (Å²) in [5.41, 5.74) is 0.239. The van der Waals surface area contributed by atoms with Crippen molar-refractivity contribution < 1.29 is 23.7 Å². The molecule has 1 fully saturated rings. The maximum atomic E-state index is 14.0. The first kappa shape index (κ1) is 16.0. The standard InChI is InChI=1S/C16H23FO4/c1-19-15-9-12(13(17)10-16(15)20-2)14(18)7-6-11-5-3-4-8-21-11/h9-11,14,18H,3-8H2,1-2H3. The Balaban J connectivity index is 2.02. The van der Waals surface area contributed by atoms with Gasteiger partial charge in [0.2, 0.25) is 0 Å². The van der Waals surface area contributed by atoms with Crippen LogP contribution in [0.2, 0.25) is 0 Å². The molecule has 1 saturated heterocycles. The fraction of sp³-hybridized carbons (Fsp3) is 0.625. The number of ether oxygens (including phenoxy) is 3. The fourth-order valence-corrected chi connectivity index (χ4v) is 2.66. The minimum Gasteiger partial charge on any atom is -0.493 e. The summed E-state index contributed by atoms with van der Waals surface area (Å²) in [6.45, 7) is 0.783. The average Bonchev–Trinajstić information content (AvgIpc) is 2.53. The lowest BCUT2D eigenvalue weighted by Gasteiger charge is -2.23. The quantitative estimate of drug-likeness (QED) is 0.876. The molecular weight excluding hydrogens is 275 g/mol. The van der Waals surface area contributed by atoms with Gasteiger partial charge in [0.1, 0.15) is 5.82 Å². The molecule has 2 rings (SSSR count). The van der Waals surface area contributed by atoms with Crippen LogP contribution in [-0.2, 0) is 4.74 Å². The van der Waals surface area contributed by atoms with Crippen LogP contribution in [0.5, 0.6) is 11.5 Å².